The zero-order valence-corrected chi connectivity index (χ0v) is 13.6. The van der Waals surface area contributed by atoms with Crippen LogP contribution in [0.5, 0.6) is 0 Å². The SMILES string of the molecule is O=C(N1CCN(c2ncccn2)CC1)N1CCCc2ccccc21. The van der Waals surface area contributed by atoms with Gasteiger partial charge >= 0.3 is 6.03 Å². The van der Waals surface area contributed by atoms with Crippen molar-refractivity contribution in [1.29, 1.82) is 0 Å². The van der Waals surface area contributed by atoms with E-state index in [1.54, 1.807) is 12.4 Å². The fourth-order valence-corrected chi connectivity index (χ4v) is 3.46. The second-order valence-electron chi connectivity index (χ2n) is 6.19. The Hall–Kier alpha value is -2.63. The zero-order chi connectivity index (χ0) is 16.4. The van der Waals surface area contributed by atoms with Gasteiger partial charge in [-0.3, -0.25) is 4.90 Å². The van der Waals surface area contributed by atoms with Crippen molar-refractivity contribution in [3.8, 4) is 0 Å². The van der Waals surface area contributed by atoms with Gasteiger partial charge in [0, 0.05) is 50.8 Å². The molecule has 0 bridgehead atoms. The third-order valence-corrected chi connectivity index (χ3v) is 4.73. The molecule has 2 amide bonds. The van der Waals surface area contributed by atoms with Gasteiger partial charge in [0.1, 0.15) is 0 Å². The van der Waals surface area contributed by atoms with Gasteiger partial charge in [-0.25, -0.2) is 14.8 Å². The van der Waals surface area contributed by atoms with Crippen LogP contribution in [0.25, 0.3) is 0 Å². The van der Waals surface area contributed by atoms with Gasteiger partial charge in [-0.15, -0.1) is 0 Å². The minimum atomic E-state index is 0.121. The van der Waals surface area contributed by atoms with Crippen molar-refractivity contribution in [1.82, 2.24) is 14.9 Å². The summed E-state index contributed by atoms with van der Waals surface area (Å²) in [5.74, 6) is 0.743. The Bertz CT molecular complexity index is 712. The number of fused-ring (bicyclic) bond motifs is 1. The van der Waals surface area contributed by atoms with Crippen molar-refractivity contribution >= 4 is 17.7 Å². The smallest absolute Gasteiger partial charge is 0.324 e. The number of hydrogen-bond acceptors (Lipinski definition) is 4. The first-order valence-corrected chi connectivity index (χ1v) is 8.49. The van der Waals surface area contributed by atoms with Gasteiger partial charge in [-0.05, 0) is 30.5 Å². The van der Waals surface area contributed by atoms with Gasteiger partial charge in [0.25, 0.3) is 0 Å². The lowest BCUT2D eigenvalue weighted by atomic mass is 10.0. The minimum absolute atomic E-state index is 0.121. The zero-order valence-electron chi connectivity index (χ0n) is 13.6. The average molecular weight is 323 g/mol. The van der Waals surface area contributed by atoms with Crippen LogP contribution in [-0.4, -0.2) is 53.6 Å². The Kier molecular flexibility index (Phi) is 4.02. The molecule has 1 aromatic heterocycles. The summed E-state index contributed by atoms with van der Waals surface area (Å²) in [5.41, 5.74) is 2.34. The predicted octanol–water partition coefficient (Wildman–Crippen LogP) is 2.17. The monoisotopic (exact) mass is 323 g/mol. The highest BCUT2D eigenvalue weighted by atomic mass is 16.2. The topological polar surface area (TPSA) is 52.6 Å². The van der Waals surface area contributed by atoms with Crippen LogP contribution in [0.4, 0.5) is 16.4 Å². The van der Waals surface area contributed by atoms with E-state index in [9.17, 15) is 4.79 Å². The van der Waals surface area contributed by atoms with Crippen LogP contribution >= 0.6 is 0 Å². The highest BCUT2D eigenvalue weighted by Crippen LogP contribution is 2.27. The first-order valence-electron chi connectivity index (χ1n) is 8.49. The van der Waals surface area contributed by atoms with E-state index in [1.807, 2.05) is 28.0 Å². The number of nitrogens with zero attached hydrogens (tertiary/aromatic N) is 5. The molecule has 2 aromatic rings. The molecule has 6 heteroatoms. The van der Waals surface area contributed by atoms with Crippen molar-refractivity contribution in [2.75, 3.05) is 42.5 Å². The summed E-state index contributed by atoms with van der Waals surface area (Å²) in [6.45, 7) is 3.75. The summed E-state index contributed by atoms with van der Waals surface area (Å²) < 4.78 is 0. The van der Waals surface area contributed by atoms with Gasteiger partial charge in [0.2, 0.25) is 5.95 Å². The molecule has 0 atom stereocenters. The number of hydrogen-bond donors (Lipinski definition) is 0. The molecular formula is C18H21N5O. The minimum Gasteiger partial charge on any atom is -0.337 e. The highest BCUT2D eigenvalue weighted by molar-refractivity contribution is 5.93. The van der Waals surface area contributed by atoms with Gasteiger partial charge in [-0.1, -0.05) is 18.2 Å². The van der Waals surface area contributed by atoms with E-state index in [1.165, 1.54) is 5.56 Å². The largest absolute Gasteiger partial charge is 0.337 e. The van der Waals surface area contributed by atoms with Gasteiger partial charge in [0.15, 0.2) is 0 Å². The summed E-state index contributed by atoms with van der Waals surface area (Å²) >= 11 is 0. The molecule has 0 N–H and O–H groups in total. The predicted molar refractivity (Wildman–Crippen MR) is 93.3 cm³/mol. The van der Waals surface area contributed by atoms with E-state index in [-0.39, 0.29) is 6.03 Å². The van der Waals surface area contributed by atoms with Crippen LogP contribution in [-0.2, 0) is 6.42 Å². The number of urea groups is 1. The van der Waals surface area contributed by atoms with E-state index in [2.05, 4.69) is 27.0 Å². The van der Waals surface area contributed by atoms with Gasteiger partial charge < -0.3 is 9.80 Å². The maximum absolute atomic E-state index is 13.0. The third-order valence-electron chi connectivity index (χ3n) is 4.73. The molecule has 2 aliphatic rings. The Morgan fingerprint density at radius 2 is 1.67 bits per heavy atom. The molecule has 0 radical (unpaired) electrons. The van der Waals surface area contributed by atoms with E-state index in [0.29, 0.717) is 13.1 Å². The summed E-state index contributed by atoms with van der Waals surface area (Å²) in [6.07, 6.45) is 5.59. The Morgan fingerprint density at radius 3 is 2.46 bits per heavy atom. The lowest BCUT2D eigenvalue weighted by Gasteiger charge is -2.39. The number of para-hydroxylation sites is 1. The maximum atomic E-state index is 13.0. The molecular weight excluding hydrogens is 302 g/mol. The number of benzene rings is 1. The Labute approximate surface area is 141 Å². The molecule has 124 valence electrons. The second-order valence-corrected chi connectivity index (χ2v) is 6.19. The van der Waals surface area contributed by atoms with Crippen LogP contribution in [0.1, 0.15) is 12.0 Å². The van der Waals surface area contributed by atoms with Crippen molar-refractivity contribution in [2.45, 2.75) is 12.8 Å². The van der Waals surface area contributed by atoms with Gasteiger partial charge in [-0.2, -0.15) is 0 Å². The van der Waals surface area contributed by atoms with Crippen molar-refractivity contribution in [2.24, 2.45) is 0 Å². The van der Waals surface area contributed by atoms with E-state index in [0.717, 1.165) is 44.1 Å². The lowest BCUT2D eigenvalue weighted by Crippen LogP contribution is -2.54. The average Bonchev–Trinajstić information content (AvgIpc) is 2.68. The quantitative estimate of drug-likeness (QED) is 0.807. The van der Waals surface area contributed by atoms with E-state index < -0.39 is 0 Å². The number of carbonyl (C=O) groups is 1. The fourth-order valence-electron chi connectivity index (χ4n) is 3.46. The highest BCUT2D eigenvalue weighted by Gasteiger charge is 2.29. The van der Waals surface area contributed by atoms with Crippen LogP contribution in [0.2, 0.25) is 0 Å². The molecule has 1 aromatic carbocycles. The normalized spacial score (nSPS) is 17.6. The number of anilines is 2. The number of piperazine rings is 1. The fraction of sp³-hybridized carbons (Fsp3) is 0.389. The van der Waals surface area contributed by atoms with Crippen LogP contribution in [0.15, 0.2) is 42.7 Å². The number of aryl methyl sites for hydroxylation is 1. The van der Waals surface area contributed by atoms with Crippen molar-refractivity contribution in [3.63, 3.8) is 0 Å². The molecule has 0 spiro atoms. The first kappa shape index (κ1) is 14.9. The molecule has 0 saturated carbocycles. The molecule has 4 rings (SSSR count). The Balaban J connectivity index is 1.44. The van der Waals surface area contributed by atoms with E-state index >= 15 is 0 Å². The van der Waals surface area contributed by atoms with Crippen molar-refractivity contribution < 1.29 is 4.79 Å². The number of aromatic nitrogens is 2. The first-order chi connectivity index (χ1) is 11.8. The molecule has 0 aliphatic carbocycles. The molecule has 1 saturated heterocycles. The molecule has 1 fully saturated rings. The standard InChI is InChI=1S/C18H21N5O/c24-18(23-10-3-6-15-5-1-2-7-16(15)23)22-13-11-21(12-14-22)17-19-8-4-9-20-17/h1-2,4-5,7-9H,3,6,10-14H2. The van der Waals surface area contributed by atoms with E-state index in [4.69, 9.17) is 0 Å². The molecule has 0 unspecified atom stereocenters. The number of amides is 2. The lowest BCUT2D eigenvalue weighted by molar-refractivity contribution is 0.200. The number of carbonyl (C=O) groups excluding carboxylic acids is 1. The molecule has 6 nitrogen and oxygen atoms in total. The molecule has 24 heavy (non-hydrogen) atoms. The summed E-state index contributed by atoms with van der Waals surface area (Å²) in [5, 5.41) is 0. The number of rotatable bonds is 1. The van der Waals surface area contributed by atoms with Crippen LogP contribution in [0, 0.1) is 0 Å². The molecule has 3 heterocycles. The van der Waals surface area contributed by atoms with Crippen LogP contribution in [0.3, 0.4) is 0 Å². The third kappa shape index (κ3) is 2.79. The van der Waals surface area contributed by atoms with Crippen molar-refractivity contribution in [3.05, 3.63) is 48.3 Å². The van der Waals surface area contributed by atoms with Crippen LogP contribution < -0.4 is 9.80 Å². The Morgan fingerprint density at radius 1 is 0.917 bits per heavy atom. The summed E-state index contributed by atoms with van der Waals surface area (Å²) in [4.78, 5) is 27.6. The summed E-state index contributed by atoms with van der Waals surface area (Å²) in [6, 6.07) is 10.2. The maximum Gasteiger partial charge on any atom is 0.324 e. The van der Waals surface area contributed by atoms with Gasteiger partial charge in [0.05, 0.1) is 0 Å². The molecule has 2 aliphatic heterocycles. The second kappa shape index (κ2) is 6.47. The summed E-state index contributed by atoms with van der Waals surface area (Å²) in [7, 11) is 0.